The minimum Gasteiger partial charge on any atom is -0.497 e. The van der Waals surface area contributed by atoms with Gasteiger partial charge in [0.05, 0.1) is 19.3 Å². The molecule has 1 aliphatic heterocycles. The van der Waals surface area contributed by atoms with E-state index in [2.05, 4.69) is 0 Å². The number of benzene rings is 2. The van der Waals surface area contributed by atoms with Crippen LogP contribution < -0.4 is 4.74 Å². The van der Waals surface area contributed by atoms with Crippen molar-refractivity contribution < 1.29 is 14.3 Å². The third-order valence-corrected chi connectivity index (χ3v) is 3.81. The minimum atomic E-state index is -0.226. The summed E-state index contributed by atoms with van der Waals surface area (Å²) >= 11 is 0. The van der Waals surface area contributed by atoms with Gasteiger partial charge in [-0.2, -0.15) is 0 Å². The lowest BCUT2D eigenvalue weighted by Crippen LogP contribution is -2.14. The molecule has 0 unspecified atom stereocenters. The first-order valence-electron chi connectivity index (χ1n) is 7.28. The van der Waals surface area contributed by atoms with Crippen LogP contribution in [0.3, 0.4) is 0 Å². The zero-order valence-electron chi connectivity index (χ0n) is 12.7. The first-order valence-corrected chi connectivity index (χ1v) is 7.28. The largest absolute Gasteiger partial charge is 0.497 e. The van der Waals surface area contributed by atoms with Gasteiger partial charge < -0.3 is 9.47 Å². The highest BCUT2D eigenvalue weighted by molar-refractivity contribution is 5.96. The number of carbonyl (C=O) groups excluding carboxylic acids is 1. The van der Waals surface area contributed by atoms with Crippen LogP contribution in [-0.2, 0) is 4.74 Å². The lowest BCUT2D eigenvalue weighted by molar-refractivity contribution is 0.0777. The normalized spacial score (nSPS) is 16.3. The van der Waals surface area contributed by atoms with Gasteiger partial charge in [0, 0.05) is 11.1 Å². The van der Waals surface area contributed by atoms with Crippen molar-refractivity contribution in [2.45, 2.75) is 19.4 Å². The standard InChI is InChI=1S/C19H18O3/c1-13-11-15-5-3-4-6-17(15)19(22-13)12-18(20)14-7-9-16(21-2)10-8-14/h3-11,19H,12H2,1-2H3/t19-/m1/s1. The van der Waals surface area contributed by atoms with Gasteiger partial charge in [-0.05, 0) is 42.8 Å². The predicted molar refractivity (Wildman–Crippen MR) is 85.9 cm³/mol. The number of rotatable bonds is 4. The topological polar surface area (TPSA) is 35.5 Å². The van der Waals surface area contributed by atoms with Gasteiger partial charge in [-0.15, -0.1) is 0 Å². The van der Waals surface area contributed by atoms with Gasteiger partial charge in [-0.25, -0.2) is 0 Å². The van der Waals surface area contributed by atoms with Crippen molar-refractivity contribution in [3.8, 4) is 5.75 Å². The Bertz CT molecular complexity index is 714. The number of Topliss-reactive ketones (excluding diaryl/α,β-unsaturated/α-hetero) is 1. The number of methoxy groups -OCH3 is 1. The molecule has 1 heterocycles. The third-order valence-electron chi connectivity index (χ3n) is 3.81. The van der Waals surface area contributed by atoms with E-state index in [-0.39, 0.29) is 11.9 Å². The molecule has 0 radical (unpaired) electrons. The molecule has 0 aliphatic carbocycles. The highest BCUT2D eigenvalue weighted by atomic mass is 16.5. The van der Waals surface area contributed by atoms with Crippen molar-refractivity contribution in [3.05, 3.63) is 71.0 Å². The molecule has 0 fully saturated rings. The van der Waals surface area contributed by atoms with Gasteiger partial charge in [0.1, 0.15) is 11.9 Å². The average molecular weight is 294 g/mol. The molecule has 0 N–H and O–H groups in total. The zero-order chi connectivity index (χ0) is 15.5. The third kappa shape index (κ3) is 2.89. The number of ketones is 1. The molecule has 0 saturated heterocycles. The summed E-state index contributed by atoms with van der Waals surface area (Å²) in [5.74, 6) is 1.65. The van der Waals surface area contributed by atoms with Gasteiger partial charge in [0.15, 0.2) is 5.78 Å². The van der Waals surface area contributed by atoms with Gasteiger partial charge >= 0.3 is 0 Å². The lowest BCUT2D eigenvalue weighted by Gasteiger charge is -2.25. The maximum absolute atomic E-state index is 12.5. The fourth-order valence-corrected chi connectivity index (χ4v) is 2.69. The van der Waals surface area contributed by atoms with E-state index in [9.17, 15) is 4.79 Å². The van der Waals surface area contributed by atoms with Crippen LogP contribution in [0.25, 0.3) is 6.08 Å². The van der Waals surface area contributed by atoms with Crippen molar-refractivity contribution in [1.29, 1.82) is 0 Å². The van der Waals surface area contributed by atoms with E-state index >= 15 is 0 Å². The van der Waals surface area contributed by atoms with Crippen LogP contribution in [0.15, 0.2) is 54.3 Å². The Kier molecular flexibility index (Phi) is 3.96. The molecule has 3 nitrogen and oxygen atoms in total. The number of fused-ring (bicyclic) bond motifs is 1. The Morgan fingerprint density at radius 1 is 1.14 bits per heavy atom. The molecule has 1 aliphatic rings. The fraction of sp³-hybridized carbons (Fsp3) is 0.211. The van der Waals surface area contributed by atoms with E-state index in [0.29, 0.717) is 12.0 Å². The highest BCUT2D eigenvalue weighted by Crippen LogP contribution is 2.34. The van der Waals surface area contributed by atoms with Crippen molar-refractivity contribution in [2.24, 2.45) is 0 Å². The first kappa shape index (κ1) is 14.4. The number of allylic oxidation sites excluding steroid dienone is 1. The van der Waals surface area contributed by atoms with Crippen LogP contribution in [-0.4, -0.2) is 12.9 Å². The summed E-state index contributed by atoms with van der Waals surface area (Å²) in [6, 6.07) is 15.2. The second kappa shape index (κ2) is 6.06. The molecule has 2 aromatic carbocycles. The highest BCUT2D eigenvalue weighted by Gasteiger charge is 2.23. The molecule has 112 valence electrons. The van der Waals surface area contributed by atoms with Crippen LogP contribution in [0.4, 0.5) is 0 Å². The van der Waals surface area contributed by atoms with E-state index in [4.69, 9.17) is 9.47 Å². The van der Waals surface area contributed by atoms with Gasteiger partial charge in [-0.1, -0.05) is 24.3 Å². The molecule has 1 atom stereocenters. The maximum atomic E-state index is 12.5. The summed E-state index contributed by atoms with van der Waals surface area (Å²) in [4.78, 5) is 12.5. The van der Waals surface area contributed by atoms with E-state index in [0.717, 1.165) is 22.6 Å². The Morgan fingerprint density at radius 2 is 1.86 bits per heavy atom. The molecule has 3 rings (SSSR count). The maximum Gasteiger partial charge on any atom is 0.166 e. The lowest BCUT2D eigenvalue weighted by atomic mass is 9.94. The van der Waals surface area contributed by atoms with Gasteiger partial charge in [-0.3, -0.25) is 4.79 Å². The Hall–Kier alpha value is -2.55. The summed E-state index contributed by atoms with van der Waals surface area (Å²) in [7, 11) is 1.61. The molecular weight excluding hydrogens is 276 g/mol. The van der Waals surface area contributed by atoms with Crippen molar-refractivity contribution in [3.63, 3.8) is 0 Å². The molecule has 3 heteroatoms. The second-order valence-corrected chi connectivity index (χ2v) is 5.35. The molecule has 2 aromatic rings. The molecule has 0 saturated carbocycles. The van der Waals surface area contributed by atoms with Crippen molar-refractivity contribution >= 4 is 11.9 Å². The molecule has 0 bridgehead atoms. The number of carbonyl (C=O) groups is 1. The molecule has 0 amide bonds. The van der Waals surface area contributed by atoms with Crippen molar-refractivity contribution in [2.75, 3.05) is 7.11 Å². The summed E-state index contributed by atoms with van der Waals surface area (Å²) in [6.45, 7) is 1.92. The number of hydrogen-bond donors (Lipinski definition) is 0. The van der Waals surface area contributed by atoms with Crippen LogP contribution in [0, 0.1) is 0 Å². The Balaban J connectivity index is 1.80. The van der Waals surface area contributed by atoms with E-state index < -0.39 is 0 Å². The molecule has 0 spiro atoms. The molecular formula is C19H18O3. The van der Waals surface area contributed by atoms with E-state index in [1.54, 1.807) is 31.4 Å². The summed E-state index contributed by atoms with van der Waals surface area (Å²) in [5, 5.41) is 0. The number of hydrogen-bond acceptors (Lipinski definition) is 3. The smallest absolute Gasteiger partial charge is 0.166 e. The Morgan fingerprint density at radius 3 is 2.59 bits per heavy atom. The van der Waals surface area contributed by atoms with Gasteiger partial charge in [0.25, 0.3) is 0 Å². The average Bonchev–Trinajstić information content (AvgIpc) is 2.54. The Labute approximate surface area is 130 Å². The van der Waals surface area contributed by atoms with E-state index in [1.807, 2.05) is 37.3 Å². The quantitative estimate of drug-likeness (QED) is 0.784. The van der Waals surface area contributed by atoms with Gasteiger partial charge in [0.2, 0.25) is 0 Å². The van der Waals surface area contributed by atoms with Crippen LogP contribution in [0.1, 0.15) is 40.9 Å². The molecule has 0 aromatic heterocycles. The van der Waals surface area contributed by atoms with Crippen molar-refractivity contribution in [1.82, 2.24) is 0 Å². The summed E-state index contributed by atoms with van der Waals surface area (Å²) < 4.78 is 11.0. The zero-order valence-corrected chi connectivity index (χ0v) is 12.7. The van der Waals surface area contributed by atoms with Crippen LogP contribution in [0.5, 0.6) is 5.75 Å². The summed E-state index contributed by atoms with van der Waals surface area (Å²) in [5.41, 5.74) is 2.86. The molecule has 22 heavy (non-hydrogen) atoms. The minimum absolute atomic E-state index is 0.0668. The SMILES string of the molecule is COc1ccc(C(=O)C[C@H]2OC(C)=Cc3ccccc32)cc1. The first-order chi connectivity index (χ1) is 10.7. The second-order valence-electron chi connectivity index (χ2n) is 5.35. The number of ether oxygens (including phenoxy) is 2. The van der Waals surface area contributed by atoms with Crippen LogP contribution in [0.2, 0.25) is 0 Å². The fourth-order valence-electron chi connectivity index (χ4n) is 2.69. The van der Waals surface area contributed by atoms with Crippen LogP contribution >= 0.6 is 0 Å². The summed E-state index contributed by atoms with van der Waals surface area (Å²) in [6.07, 6.45) is 2.11. The van der Waals surface area contributed by atoms with E-state index in [1.165, 1.54) is 0 Å². The monoisotopic (exact) mass is 294 g/mol. The predicted octanol–water partition coefficient (Wildman–Crippen LogP) is 4.40.